The highest BCUT2D eigenvalue weighted by Crippen LogP contribution is 2.27. The van der Waals surface area contributed by atoms with Gasteiger partial charge < -0.3 is 21.3 Å². The number of halogens is 2. The van der Waals surface area contributed by atoms with Crippen molar-refractivity contribution in [2.75, 3.05) is 19.5 Å². The van der Waals surface area contributed by atoms with Crippen LogP contribution in [-0.4, -0.2) is 72.6 Å². The zero-order valence-corrected chi connectivity index (χ0v) is 25.4. The molecule has 0 aliphatic carbocycles. The fourth-order valence-corrected chi connectivity index (χ4v) is 6.77. The van der Waals surface area contributed by atoms with Crippen molar-refractivity contribution >= 4 is 50.9 Å². The van der Waals surface area contributed by atoms with Crippen LogP contribution in [0.4, 0.5) is 10.5 Å². The van der Waals surface area contributed by atoms with Gasteiger partial charge in [0, 0.05) is 23.8 Å². The number of ether oxygens (including phenoxy) is 1. The van der Waals surface area contributed by atoms with Crippen LogP contribution < -0.4 is 11.5 Å². The van der Waals surface area contributed by atoms with Crippen molar-refractivity contribution in [3.63, 3.8) is 0 Å². The van der Waals surface area contributed by atoms with E-state index in [1.165, 1.54) is 35.7 Å². The minimum atomic E-state index is -3.93. The molecule has 0 fully saturated rings. The predicted octanol–water partition coefficient (Wildman–Crippen LogP) is 4.06. The highest BCUT2D eigenvalue weighted by atomic mass is 35.5. The normalized spacial score (nSPS) is 14.2. The Bertz CT molecular complexity index is 1260. The standard InChI is InChI=1S/C27H38Cl2N4O6S/c1-17(2)33(40(37,38)22-13-11-20(30)12-14-22)21(16-34)9-5-7-18(3)32(27(36)39-4)26(35)24(31)15-19-8-6-10-23(28)25(19)29/h6,8,10-14,17-18,21,24,34H,5,7,9,15-16,30-31H2,1-4H3/t18-,21-,24-/m0/s1. The van der Waals surface area contributed by atoms with Gasteiger partial charge in [-0.2, -0.15) is 4.31 Å². The van der Waals surface area contributed by atoms with Crippen molar-refractivity contribution in [3.8, 4) is 0 Å². The van der Waals surface area contributed by atoms with E-state index in [-0.39, 0.29) is 22.8 Å². The highest BCUT2D eigenvalue weighted by Gasteiger charge is 2.35. The topological polar surface area (TPSA) is 156 Å². The number of carbonyl (C=O) groups is 2. The van der Waals surface area contributed by atoms with Gasteiger partial charge >= 0.3 is 6.09 Å². The third kappa shape index (κ3) is 8.31. The van der Waals surface area contributed by atoms with E-state index in [1.54, 1.807) is 39.0 Å². The fraction of sp³-hybridized carbons (Fsp3) is 0.481. The molecule has 40 heavy (non-hydrogen) atoms. The second-order valence-corrected chi connectivity index (χ2v) is 12.4. The van der Waals surface area contributed by atoms with Crippen LogP contribution in [-0.2, 0) is 26.0 Å². The molecule has 0 aromatic heterocycles. The first kappa shape index (κ1) is 33.8. The van der Waals surface area contributed by atoms with Gasteiger partial charge in [0.25, 0.3) is 0 Å². The number of benzene rings is 2. The summed E-state index contributed by atoms with van der Waals surface area (Å²) in [6, 6.07) is 7.97. The number of hydrogen-bond acceptors (Lipinski definition) is 8. The molecule has 2 aromatic rings. The lowest BCUT2D eigenvalue weighted by Crippen LogP contribution is -2.51. The summed E-state index contributed by atoms with van der Waals surface area (Å²) in [4.78, 5) is 26.8. The van der Waals surface area contributed by atoms with Crippen molar-refractivity contribution in [3.05, 3.63) is 58.1 Å². The number of carbonyl (C=O) groups excluding carboxylic acids is 2. The van der Waals surface area contributed by atoms with E-state index in [2.05, 4.69) is 0 Å². The van der Waals surface area contributed by atoms with E-state index in [0.717, 1.165) is 4.90 Å². The quantitative estimate of drug-likeness (QED) is 0.284. The number of imide groups is 1. The molecule has 13 heteroatoms. The molecule has 0 bridgehead atoms. The zero-order valence-electron chi connectivity index (χ0n) is 23.1. The number of anilines is 1. The van der Waals surface area contributed by atoms with Gasteiger partial charge in [-0.15, -0.1) is 0 Å². The van der Waals surface area contributed by atoms with Gasteiger partial charge in [0.05, 0.1) is 34.7 Å². The van der Waals surface area contributed by atoms with Gasteiger partial charge in [0.1, 0.15) is 0 Å². The number of aliphatic hydroxyl groups excluding tert-OH is 1. The molecule has 0 saturated heterocycles. The van der Waals surface area contributed by atoms with Crippen LogP contribution in [0.15, 0.2) is 47.4 Å². The lowest BCUT2D eigenvalue weighted by Gasteiger charge is -2.34. The van der Waals surface area contributed by atoms with Crippen molar-refractivity contribution in [2.45, 2.75) is 75.5 Å². The molecule has 222 valence electrons. The van der Waals surface area contributed by atoms with Crippen molar-refractivity contribution in [2.24, 2.45) is 5.73 Å². The van der Waals surface area contributed by atoms with Gasteiger partial charge in [-0.25, -0.2) is 18.1 Å². The molecule has 0 aliphatic heterocycles. The summed E-state index contributed by atoms with van der Waals surface area (Å²) < 4.78 is 32.9. The Labute approximate surface area is 246 Å². The van der Waals surface area contributed by atoms with Crippen LogP contribution in [0.1, 0.15) is 45.6 Å². The average Bonchev–Trinajstić information content (AvgIpc) is 2.90. The van der Waals surface area contributed by atoms with Gasteiger partial charge in [0.15, 0.2) is 0 Å². The number of amides is 2. The molecule has 10 nitrogen and oxygen atoms in total. The maximum absolute atomic E-state index is 13.4. The number of nitrogens with zero attached hydrogens (tertiary/aromatic N) is 2. The number of hydrogen-bond donors (Lipinski definition) is 3. The van der Waals surface area contributed by atoms with E-state index in [1.807, 2.05) is 0 Å². The number of aliphatic hydroxyl groups is 1. The number of rotatable bonds is 13. The van der Waals surface area contributed by atoms with E-state index in [4.69, 9.17) is 39.4 Å². The van der Waals surface area contributed by atoms with Crippen LogP contribution >= 0.6 is 23.2 Å². The summed E-state index contributed by atoms with van der Waals surface area (Å²) in [5.41, 5.74) is 12.9. The van der Waals surface area contributed by atoms with Gasteiger partial charge in [0.2, 0.25) is 15.9 Å². The van der Waals surface area contributed by atoms with Crippen LogP contribution in [0, 0.1) is 0 Å². The minimum absolute atomic E-state index is 0.0529. The number of sulfonamides is 1. The molecular weight excluding hydrogens is 579 g/mol. The first-order chi connectivity index (χ1) is 18.8. The van der Waals surface area contributed by atoms with Crippen LogP contribution in [0.5, 0.6) is 0 Å². The van der Waals surface area contributed by atoms with E-state index >= 15 is 0 Å². The van der Waals surface area contributed by atoms with E-state index in [0.29, 0.717) is 29.1 Å². The second kappa shape index (κ2) is 15.0. The monoisotopic (exact) mass is 616 g/mol. The second-order valence-electron chi connectivity index (χ2n) is 9.82. The molecule has 2 amide bonds. The van der Waals surface area contributed by atoms with Crippen LogP contribution in [0.3, 0.4) is 0 Å². The Morgan fingerprint density at radius 3 is 2.23 bits per heavy atom. The minimum Gasteiger partial charge on any atom is -0.452 e. The first-order valence-electron chi connectivity index (χ1n) is 12.9. The van der Waals surface area contributed by atoms with Gasteiger partial charge in [-0.05, 0) is 82.3 Å². The van der Waals surface area contributed by atoms with E-state index < -0.39 is 52.8 Å². The van der Waals surface area contributed by atoms with Gasteiger partial charge in [-0.1, -0.05) is 35.3 Å². The van der Waals surface area contributed by atoms with Crippen LogP contribution in [0.2, 0.25) is 10.0 Å². The van der Waals surface area contributed by atoms with Gasteiger partial charge in [-0.3, -0.25) is 4.79 Å². The lowest BCUT2D eigenvalue weighted by atomic mass is 10.0. The smallest absolute Gasteiger partial charge is 0.416 e. The molecule has 2 rings (SSSR count). The molecule has 0 heterocycles. The van der Waals surface area contributed by atoms with Crippen molar-refractivity contribution in [1.29, 1.82) is 0 Å². The average molecular weight is 618 g/mol. The maximum atomic E-state index is 13.4. The third-order valence-electron chi connectivity index (χ3n) is 6.53. The largest absolute Gasteiger partial charge is 0.452 e. The number of nitrogens with two attached hydrogens (primary N) is 2. The molecule has 2 aromatic carbocycles. The molecule has 0 saturated carbocycles. The summed E-state index contributed by atoms with van der Waals surface area (Å²) in [7, 11) is -2.77. The molecule has 5 N–H and O–H groups in total. The molecule has 0 spiro atoms. The number of methoxy groups -OCH3 is 1. The Hall–Kier alpha value is -2.41. The summed E-state index contributed by atoms with van der Waals surface area (Å²) in [6.07, 6.45) is 0.176. The summed E-state index contributed by atoms with van der Waals surface area (Å²) in [5.74, 6) is -0.649. The van der Waals surface area contributed by atoms with Crippen molar-refractivity contribution < 1.29 is 27.9 Å². The third-order valence-corrected chi connectivity index (χ3v) is 9.53. The highest BCUT2D eigenvalue weighted by molar-refractivity contribution is 7.89. The van der Waals surface area contributed by atoms with Crippen molar-refractivity contribution in [1.82, 2.24) is 9.21 Å². The molecule has 0 radical (unpaired) electrons. The first-order valence-corrected chi connectivity index (χ1v) is 15.0. The molecule has 0 aliphatic rings. The Kier molecular flexibility index (Phi) is 12.7. The summed E-state index contributed by atoms with van der Waals surface area (Å²) in [6.45, 7) is 4.72. The molecule has 3 atom stereocenters. The van der Waals surface area contributed by atoms with Crippen LogP contribution in [0.25, 0.3) is 0 Å². The predicted molar refractivity (Wildman–Crippen MR) is 157 cm³/mol. The lowest BCUT2D eigenvalue weighted by molar-refractivity contribution is -0.132. The summed E-state index contributed by atoms with van der Waals surface area (Å²) >= 11 is 12.3. The Morgan fingerprint density at radius 2 is 1.68 bits per heavy atom. The Morgan fingerprint density at radius 1 is 1.05 bits per heavy atom. The molecular formula is C27H38Cl2N4O6S. The maximum Gasteiger partial charge on any atom is 0.416 e. The van der Waals surface area contributed by atoms with E-state index in [9.17, 15) is 23.1 Å². The number of nitrogen functional groups attached to an aromatic ring is 1. The summed E-state index contributed by atoms with van der Waals surface area (Å²) in [5, 5.41) is 10.7. The molecule has 0 unspecified atom stereocenters. The zero-order chi connectivity index (χ0) is 30.2. The Balaban J connectivity index is 2.15. The SMILES string of the molecule is COC(=O)N(C(=O)[C@@H](N)Cc1cccc(Cl)c1Cl)[C@@H](C)CCC[C@@H](CO)N(C(C)C)S(=O)(=O)c1ccc(N)cc1. The fourth-order valence-electron chi connectivity index (χ4n) is 4.53.